The zero-order chi connectivity index (χ0) is 22.8. The fourth-order valence-electron chi connectivity index (χ4n) is 3.76. The molecule has 4 atom stereocenters. The highest BCUT2D eigenvalue weighted by Crippen LogP contribution is 2.36. The molecular formula is C22H23BrN4O4S. The summed E-state index contributed by atoms with van der Waals surface area (Å²) in [5.74, 6) is -1.62. The molecule has 168 valence electrons. The van der Waals surface area contributed by atoms with Crippen LogP contribution in [0.4, 0.5) is 0 Å². The van der Waals surface area contributed by atoms with E-state index in [1.54, 1.807) is 24.3 Å². The molecule has 2 aromatic carbocycles. The van der Waals surface area contributed by atoms with Gasteiger partial charge in [-0.1, -0.05) is 40.2 Å². The number of hydrogen-bond acceptors (Lipinski definition) is 7. The van der Waals surface area contributed by atoms with Crippen LogP contribution in [0.25, 0.3) is 10.2 Å². The van der Waals surface area contributed by atoms with Crippen molar-refractivity contribution in [1.82, 2.24) is 15.2 Å². The van der Waals surface area contributed by atoms with Gasteiger partial charge in [0.05, 0.1) is 16.3 Å². The van der Waals surface area contributed by atoms with Gasteiger partial charge in [0.25, 0.3) is 11.8 Å². The number of rotatable bonds is 6. The van der Waals surface area contributed by atoms with Crippen molar-refractivity contribution in [3.05, 3.63) is 63.6 Å². The van der Waals surface area contributed by atoms with E-state index in [2.05, 4.69) is 26.2 Å². The van der Waals surface area contributed by atoms with Crippen molar-refractivity contribution >= 4 is 49.3 Å². The average Bonchev–Trinajstić information content (AvgIpc) is 3.44. The smallest absolute Gasteiger partial charge is 0.255 e. The largest absolute Gasteiger partial charge is 0.380 e. The minimum absolute atomic E-state index is 0.296. The van der Waals surface area contributed by atoms with E-state index in [9.17, 15) is 19.8 Å². The van der Waals surface area contributed by atoms with Crippen molar-refractivity contribution in [3.63, 3.8) is 0 Å². The summed E-state index contributed by atoms with van der Waals surface area (Å²) < 4.78 is 1.87. The molecule has 10 heteroatoms. The number of carbonyl (C=O) groups is 2. The van der Waals surface area contributed by atoms with Crippen LogP contribution in [0.2, 0.25) is 0 Å². The van der Waals surface area contributed by atoms with Crippen LogP contribution in [0.15, 0.2) is 53.0 Å². The quantitative estimate of drug-likeness (QED) is 0.370. The zero-order valence-corrected chi connectivity index (χ0v) is 19.4. The first kappa shape index (κ1) is 22.8. The van der Waals surface area contributed by atoms with Crippen molar-refractivity contribution in [2.24, 2.45) is 5.73 Å². The number of likely N-dealkylation sites (tertiary alicyclic amines) is 1. The van der Waals surface area contributed by atoms with Crippen molar-refractivity contribution in [2.75, 3.05) is 6.54 Å². The molecule has 32 heavy (non-hydrogen) atoms. The lowest BCUT2D eigenvalue weighted by Gasteiger charge is -2.27. The van der Waals surface area contributed by atoms with Crippen LogP contribution < -0.4 is 11.1 Å². The number of thiazole rings is 1. The molecular weight excluding hydrogens is 496 g/mol. The standard InChI is InChI=1S/C22H23BrN4O4S/c23-13-9-7-12(8-10-13)19(24)26-20(30)17(28)18(29)22(31)27-11-3-5-15(27)21-25-14-4-1-2-6-16(14)32-21/h1-2,4,6-10,15,17-19,28-29H,3,5,11,24H2,(H,26,30)/t15?,17-,18-,19-/m1/s1. The number of para-hydroxylation sites is 1. The summed E-state index contributed by atoms with van der Waals surface area (Å²) in [7, 11) is 0. The number of aromatic nitrogens is 1. The fraction of sp³-hybridized carbons (Fsp3) is 0.318. The van der Waals surface area contributed by atoms with Gasteiger partial charge in [0, 0.05) is 11.0 Å². The summed E-state index contributed by atoms with van der Waals surface area (Å²) >= 11 is 4.82. The Kier molecular flexibility index (Phi) is 6.87. The maximum Gasteiger partial charge on any atom is 0.255 e. The molecule has 5 N–H and O–H groups in total. The van der Waals surface area contributed by atoms with E-state index in [1.807, 2.05) is 24.3 Å². The molecule has 1 fully saturated rings. The molecule has 0 radical (unpaired) electrons. The first-order chi connectivity index (χ1) is 15.3. The molecule has 3 aromatic rings. The summed E-state index contributed by atoms with van der Waals surface area (Å²) in [5, 5.41) is 24.0. The number of aliphatic hydroxyl groups is 2. The monoisotopic (exact) mass is 518 g/mol. The molecule has 1 aromatic heterocycles. The number of aliphatic hydroxyl groups excluding tert-OH is 2. The van der Waals surface area contributed by atoms with E-state index in [1.165, 1.54) is 16.2 Å². The summed E-state index contributed by atoms with van der Waals surface area (Å²) in [6, 6.07) is 14.4. The van der Waals surface area contributed by atoms with E-state index >= 15 is 0 Å². The van der Waals surface area contributed by atoms with E-state index < -0.39 is 30.2 Å². The minimum atomic E-state index is -1.94. The second-order valence-corrected chi connectivity index (χ2v) is 9.61. The Morgan fingerprint density at radius 1 is 1.16 bits per heavy atom. The third-order valence-corrected chi connectivity index (χ3v) is 7.15. The molecule has 1 aliphatic heterocycles. The molecule has 0 spiro atoms. The Morgan fingerprint density at radius 2 is 1.88 bits per heavy atom. The maximum absolute atomic E-state index is 13.0. The van der Waals surface area contributed by atoms with Crippen molar-refractivity contribution in [1.29, 1.82) is 0 Å². The van der Waals surface area contributed by atoms with Crippen LogP contribution in [-0.2, 0) is 9.59 Å². The lowest BCUT2D eigenvalue weighted by molar-refractivity contribution is -0.154. The van der Waals surface area contributed by atoms with Gasteiger partial charge in [-0.3, -0.25) is 9.59 Å². The van der Waals surface area contributed by atoms with Gasteiger partial charge in [-0.25, -0.2) is 4.98 Å². The number of amides is 2. The Balaban J connectivity index is 1.43. The Bertz CT molecular complexity index is 1090. The summed E-state index contributed by atoms with van der Waals surface area (Å²) in [5.41, 5.74) is 7.45. The minimum Gasteiger partial charge on any atom is -0.380 e. The van der Waals surface area contributed by atoms with E-state index in [4.69, 9.17) is 5.73 Å². The molecule has 1 unspecified atom stereocenters. The summed E-state index contributed by atoms with van der Waals surface area (Å²) in [4.78, 5) is 31.5. The number of nitrogens with zero attached hydrogens (tertiary/aromatic N) is 2. The molecule has 1 aliphatic rings. The number of fused-ring (bicyclic) bond motifs is 1. The number of benzene rings is 2. The first-order valence-corrected chi connectivity index (χ1v) is 11.8. The van der Waals surface area contributed by atoms with Gasteiger partial charge in [-0.2, -0.15) is 0 Å². The lowest BCUT2D eigenvalue weighted by Crippen LogP contribution is -2.51. The molecule has 8 nitrogen and oxygen atoms in total. The molecule has 1 saturated heterocycles. The highest BCUT2D eigenvalue weighted by Gasteiger charge is 2.39. The SMILES string of the molecule is N[C@H](NC(=O)[C@H](O)[C@@H](O)C(=O)N1CCCC1c1nc2ccccc2s1)c1ccc(Br)cc1. The first-order valence-electron chi connectivity index (χ1n) is 10.2. The van der Waals surface area contributed by atoms with Gasteiger partial charge in [-0.15, -0.1) is 11.3 Å². The fourth-order valence-corrected chi connectivity index (χ4v) is 5.14. The van der Waals surface area contributed by atoms with Crippen molar-refractivity contribution < 1.29 is 19.8 Å². The highest BCUT2D eigenvalue weighted by atomic mass is 79.9. The number of hydrogen-bond donors (Lipinski definition) is 4. The lowest BCUT2D eigenvalue weighted by atomic mass is 10.1. The van der Waals surface area contributed by atoms with E-state index in [0.717, 1.165) is 26.1 Å². The topological polar surface area (TPSA) is 129 Å². The van der Waals surface area contributed by atoms with Crippen LogP contribution in [0.5, 0.6) is 0 Å². The zero-order valence-electron chi connectivity index (χ0n) is 17.0. The molecule has 0 aliphatic carbocycles. The second-order valence-electron chi connectivity index (χ2n) is 7.64. The van der Waals surface area contributed by atoms with Gasteiger partial charge in [0.15, 0.2) is 12.2 Å². The van der Waals surface area contributed by atoms with Gasteiger partial charge in [0.2, 0.25) is 0 Å². The van der Waals surface area contributed by atoms with Crippen molar-refractivity contribution in [3.8, 4) is 0 Å². The third-order valence-electron chi connectivity index (χ3n) is 5.48. The number of carbonyl (C=O) groups excluding carboxylic acids is 2. The maximum atomic E-state index is 13.0. The molecule has 0 saturated carbocycles. The Hall–Kier alpha value is -2.37. The van der Waals surface area contributed by atoms with E-state index in [0.29, 0.717) is 18.5 Å². The number of halogens is 1. The molecule has 2 amide bonds. The number of nitrogens with one attached hydrogen (secondary N) is 1. The van der Waals surface area contributed by atoms with Gasteiger partial charge in [-0.05, 0) is 42.7 Å². The second kappa shape index (κ2) is 9.63. The Morgan fingerprint density at radius 3 is 2.59 bits per heavy atom. The summed E-state index contributed by atoms with van der Waals surface area (Å²) in [6.45, 7) is 0.420. The highest BCUT2D eigenvalue weighted by molar-refractivity contribution is 9.10. The molecule has 2 heterocycles. The Labute approximate surface area is 197 Å². The molecule has 0 bridgehead atoms. The predicted octanol–water partition coefficient (Wildman–Crippen LogP) is 2.22. The average molecular weight is 519 g/mol. The van der Waals surface area contributed by atoms with Gasteiger partial charge in [0.1, 0.15) is 11.2 Å². The van der Waals surface area contributed by atoms with E-state index in [-0.39, 0.29) is 6.04 Å². The van der Waals surface area contributed by atoms with Crippen LogP contribution >= 0.6 is 27.3 Å². The third kappa shape index (κ3) is 4.69. The van der Waals surface area contributed by atoms with Gasteiger partial charge < -0.3 is 26.2 Å². The van der Waals surface area contributed by atoms with Crippen LogP contribution in [-0.4, -0.2) is 50.7 Å². The van der Waals surface area contributed by atoms with Crippen LogP contribution in [0, 0.1) is 0 Å². The predicted molar refractivity (Wildman–Crippen MR) is 125 cm³/mol. The van der Waals surface area contributed by atoms with Crippen molar-refractivity contribution in [2.45, 2.75) is 37.3 Å². The van der Waals surface area contributed by atoms with Crippen LogP contribution in [0.1, 0.15) is 35.6 Å². The number of nitrogens with two attached hydrogens (primary N) is 1. The molecule has 4 rings (SSSR count). The van der Waals surface area contributed by atoms with Crippen LogP contribution in [0.3, 0.4) is 0 Å². The summed E-state index contributed by atoms with van der Waals surface area (Å²) in [6.07, 6.45) is -3.29. The normalized spacial score (nSPS) is 19.0. The van der Waals surface area contributed by atoms with Gasteiger partial charge >= 0.3 is 0 Å².